The van der Waals surface area contributed by atoms with Gasteiger partial charge in [-0.15, -0.1) is 0 Å². The van der Waals surface area contributed by atoms with E-state index in [0.29, 0.717) is 33.8 Å². The number of nitrogens with one attached hydrogen (secondary N) is 1. The smallest absolute Gasteiger partial charge is 0.233 e. The summed E-state index contributed by atoms with van der Waals surface area (Å²) in [5.74, 6) is 0.447. The van der Waals surface area contributed by atoms with Crippen molar-refractivity contribution in [1.82, 2.24) is 4.98 Å². The minimum atomic E-state index is -3.31. The van der Waals surface area contributed by atoms with Crippen molar-refractivity contribution in [3.8, 4) is 10.8 Å². The van der Waals surface area contributed by atoms with Crippen molar-refractivity contribution in [3.05, 3.63) is 65.9 Å². The fraction of sp³-hybridized carbons (Fsp3) is 0.346. The van der Waals surface area contributed by atoms with E-state index in [1.807, 2.05) is 0 Å². The van der Waals surface area contributed by atoms with Gasteiger partial charge >= 0.3 is 0 Å². The Hall–Kier alpha value is -3.04. The maximum atomic E-state index is 13.3. The van der Waals surface area contributed by atoms with E-state index in [4.69, 9.17) is 4.74 Å². The van der Waals surface area contributed by atoms with Crippen LogP contribution >= 0.6 is 11.3 Å². The molecule has 2 aromatic carbocycles. The molecule has 3 aromatic rings. The van der Waals surface area contributed by atoms with Crippen molar-refractivity contribution in [2.45, 2.75) is 49.8 Å². The Morgan fingerprint density at radius 1 is 1.09 bits per heavy atom. The molecule has 1 atom stereocenters. The highest BCUT2D eigenvalue weighted by Gasteiger charge is 2.27. The maximum Gasteiger partial charge on any atom is 0.233 e. The van der Waals surface area contributed by atoms with Crippen LogP contribution in [0, 0.1) is 5.92 Å². The van der Waals surface area contributed by atoms with E-state index >= 15 is 0 Å². The number of aromatic nitrogens is 1. The van der Waals surface area contributed by atoms with Crippen LogP contribution in [-0.2, 0) is 14.6 Å². The summed E-state index contributed by atoms with van der Waals surface area (Å²) < 4.78 is 29.5. The summed E-state index contributed by atoms with van der Waals surface area (Å²) in [5.41, 5.74) is 1.40. The number of hydrogen-bond donors (Lipinski definition) is 1. The van der Waals surface area contributed by atoms with Crippen LogP contribution in [0.3, 0.4) is 0 Å². The molecule has 1 N–H and O–H groups in total. The fourth-order valence-electron chi connectivity index (χ4n) is 4.35. The Bertz CT molecular complexity index is 1290. The van der Waals surface area contributed by atoms with E-state index in [1.165, 1.54) is 37.4 Å². The summed E-state index contributed by atoms with van der Waals surface area (Å²) in [7, 11) is -3.31. The molecule has 0 radical (unpaired) electrons. The van der Waals surface area contributed by atoms with Gasteiger partial charge in [-0.1, -0.05) is 49.2 Å². The van der Waals surface area contributed by atoms with Crippen LogP contribution in [0.2, 0.25) is 0 Å². The predicted octanol–water partition coefficient (Wildman–Crippen LogP) is 5.84. The molecule has 1 aliphatic rings. The third-order valence-electron chi connectivity index (χ3n) is 6.26. The largest absolute Gasteiger partial charge is 0.445 e. The second-order valence-corrected chi connectivity index (χ2v) is 11.9. The highest BCUT2D eigenvalue weighted by atomic mass is 32.2. The van der Waals surface area contributed by atoms with Crippen LogP contribution in [0.4, 0.5) is 5.13 Å². The quantitative estimate of drug-likeness (QED) is 0.361. The average molecular weight is 513 g/mol. The summed E-state index contributed by atoms with van der Waals surface area (Å²) in [6.07, 6.45) is 7.97. The Morgan fingerprint density at radius 2 is 1.74 bits per heavy atom. The second-order valence-electron chi connectivity index (χ2n) is 8.94. The highest BCUT2D eigenvalue weighted by molar-refractivity contribution is 7.90. The number of rotatable bonds is 9. The normalized spacial score (nSPS) is 15.0. The van der Waals surface area contributed by atoms with Gasteiger partial charge in [0.1, 0.15) is 5.75 Å². The third-order valence-corrected chi connectivity index (χ3v) is 8.18. The molecule has 0 saturated heterocycles. The lowest BCUT2D eigenvalue weighted by Crippen LogP contribution is -2.23. The first-order chi connectivity index (χ1) is 16.7. The zero-order chi connectivity index (χ0) is 25.0. The first kappa shape index (κ1) is 25.1. The number of benzene rings is 2. The SMILES string of the molecule is CC(=O)c1ccc(Oc2cnc(NC(=O)[C@H](CC3CCCC3)c3ccc(S(C)(=O)=O)cc3)s2)cc1. The van der Waals surface area contributed by atoms with Gasteiger partial charge in [0.05, 0.1) is 17.0 Å². The maximum absolute atomic E-state index is 13.3. The van der Waals surface area contributed by atoms with E-state index in [-0.39, 0.29) is 16.6 Å². The molecule has 1 amide bonds. The molecule has 1 fully saturated rings. The molecular weight excluding hydrogens is 484 g/mol. The number of thiazole rings is 1. The van der Waals surface area contributed by atoms with Crippen molar-refractivity contribution in [2.75, 3.05) is 11.6 Å². The Kier molecular flexibility index (Phi) is 7.66. The van der Waals surface area contributed by atoms with Crippen molar-refractivity contribution in [1.29, 1.82) is 0 Å². The van der Waals surface area contributed by atoms with Crippen molar-refractivity contribution < 1.29 is 22.7 Å². The topological polar surface area (TPSA) is 102 Å². The molecule has 1 saturated carbocycles. The molecule has 1 aliphatic carbocycles. The number of carbonyl (C=O) groups excluding carboxylic acids is 2. The van der Waals surface area contributed by atoms with Crippen LogP contribution < -0.4 is 10.1 Å². The molecule has 9 heteroatoms. The lowest BCUT2D eigenvalue weighted by Gasteiger charge is -2.20. The zero-order valence-corrected chi connectivity index (χ0v) is 21.3. The monoisotopic (exact) mass is 512 g/mol. The van der Waals surface area contributed by atoms with Crippen LogP contribution in [0.15, 0.2) is 59.6 Å². The van der Waals surface area contributed by atoms with Gasteiger partial charge in [0.25, 0.3) is 0 Å². The van der Waals surface area contributed by atoms with Gasteiger partial charge in [-0.25, -0.2) is 13.4 Å². The van der Waals surface area contributed by atoms with E-state index in [2.05, 4.69) is 10.3 Å². The number of Topliss-reactive ketones (excluding diaryl/α,β-unsaturated/α-hetero) is 1. The van der Waals surface area contributed by atoms with E-state index in [1.54, 1.807) is 54.7 Å². The molecule has 0 spiro atoms. The standard InChI is InChI=1S/C26H28N2O5S2/c1-17(29)19-7-11-21(12-8-19)33-24-16-27-26(34-24)28-25(30)23(15-18-5-3-4-6-18)20-9-13-22(14-10-20)35(2,31)32/h7-14,16,18,23H,3-6,15H2,1-2H3,(H,27,28,30)/t23-/m1/s1. The highest BCUT2D eigenvalue weighted by Crippen LogP contribution is 2.36. The van der Waals surface area contributed by atoms with Gasteiger partial charge in [0.15, 0.2) is 20.8 Å². The number of hydrogen-bond acceptors (Lipinski definition) is 7. The molecule has 4 rings (SSSR count). The predicted molar refractivity (Wildman–Crippen MR) is 136 cm³/mol. The van der Waals surface area contributed by atoms with Gasteiger partial charge in [-0.3, -0.25) is 9.59 Å². The number of nitrogens with zero attached hydrogens (tertiary/aromatic N) is 1. The van der Waals surface area contributed by atoms with Crippen molar-refractivity contribution in [3.63, 3.8) is 0 Å². The minimum absolute atomic E-state index is 0.0162. The molecule has 0 aliphatic heterocycles. The summed E-state index contributed by atoms with van der Waals surface area (Å²) in [4.78, 5) is 29.3. The fourth-order valence-corrected chi connectivity index (χ4v) is 5.67. The Balaban J connectivity index is 1.47. The molecular formula is C26H28N2O5S2. The van der Waals surface area contributed by atoms with Gasteiger partial charge in [-0.05, 0) is 61.2 Å². The van der Waals surface area contributed by atoms with Crippen LogP contribution in [-0.4, -0.2) is 31.3 Å². The van der Waals surface area contributed by atoms with Crippen LogP contribution in [0.25, 0.3) is 0 Å². The third kappa shape index (κ3) is 6.55. The second kappa shape index (κ2) is 10.7. The number of carbonyl (C=O) groups is 2. The molecule has 184 valence electrons. The van der Waals surface area contributed by atoms with Gasteiger partial charge in [-0.2, -0.15) is 0 Å². The molecule has 1 heterocycles. The average Bonchev–Trinajstić information content (AvgIpc) is 3.49. The summed E-state index contributed by atoms with van der Waals surface area (Å²) >= 11 is 1.22. The number of ketones is 1. The molecule has 0 unspecified atom stereocenters. The number of anilines is 1. The molecule has 0 bridgehead atoms. The number of sulfone groups is 1. The summed E-state index contributed by atoms with van der Waals surface area (Å²) in [5, 5.41) is 3.86. The molecule has 1 aromatic heterocycles. The van der Waals surface area contributed by atoms with Gasteiger partial charge < -0.3 is 10.1 Å². The lowest BCUT2D eigenvalue weighted by molar-refractivity contribution is -0.118. The Morgan fingerprint density at radius 3 is 2.34 bits per heavy atom. The van der Waals surface area contributed by atoms with Gasteiger partial charge in [0, 0.05) is 11.8 Å². The van der Waals surface area contributed by atoms with E-state index in [9.17, 15) is 18.0 Å². The summed E-state index contributed by atoms with van der Waals surface area (Å²) in [6, 6.07) is 13.4. The first-order valence-electron chi connectivity index (χ1n) is 11.5. The Labute approximate surface area is 209 Å². The van der Waals surface area contributed by atoms with E-state index < -0.39 is 15.8 Å². The molecule has 35 heavy (non-hydrogen) atoms. The van der Waals surface area contributed by atoms with Crippen LogP contribution in [0.1, 0.15) is 60.9 Å². The van der Waals surface area contributed by atoms with Crippen LogP contribution in [0.5, 0.6) is 10.8 Å². The number of ether oxygens (including phenoxy) is 1. The number of amides is 1. The zero-order valence-electron chi connectivity index (χ0n) is 19.7. The van der Waals surface area contributed by atoms with Gasteiger partial charge in [0.2, 0.25) is 11.0 Å². The molecule has 7 nitrogen and oxygen atoms in total. The lowest BCUT2D eigenvalue weighted by atomic mass is 9.87. The summed E-state index contributed by atoms with van der Waals surface area (Å²) in [6.45, 7) is 1.51. The minimum Gasteiger partial charge on any atom is -0.445 e. The van der Waals surface area contributed by atoms with Crippen molar-refractivity contribution >= 4 is 38.0 Å². The first-order valence-corrected chi connectivity index (χ1v) is 14.3. The van der Waals surface area contributed by atoms with E-state index in [0.717, 1.165) is 18.4 Å². The van der Waals surface area contributed by atoms with Crippen molar-refractivity contribution in [2.24, 2.45) is 5.92 Å².